The number of benzene rings is 1. The van der Waals surface area contributed by atoms with E-state index in [1.54, 1.807) is 14.2 Å². The molecule has 1 aliphatic heterocycles. The molecule has 1 aromatic rings. The van der Waals surface area contributed by atoms with Gasteiger partial charge in [0.15, 0.2) is 16.6 Å². The molecule has 0 bridgehead atoms. The first-order valence-corrected chi connectivity index (χ1v) is 11.1. The summed E-state index contributed by atoms with van der Waals surface area (Å²) >= 11 is 5.69. The number of carbonyl (C=O) groups excluding carboxylic acids is 1. The number of methoxy groups -OCH3 is 2. The van der Waals surface area contributed by atoms with Crippen molar-refractivity contribution in [3.63, 3.8) is 0 Å². The molecule has 0 radical (unpaired) electrons. The third-order valence-corrected chi connectivity index (χ3v) is 6.36. The summed E-state index contributed by atoms with van der Waals surface area (Å²) in [5, 5.41) is 7.29. The van der Waals surface area contributed by atoms with Crippen LogP contribution in [0.4, 0.5) is 0 Å². The Balaban J connectivity index is 1.85. The van der Waals surface area contributed by atoms with Crippen molar-refractivity contribution in [1.29, 1.82) is 0 Å². The van der Waals surface area contributed by atoms with Crippen LogP contribution < -0.4 is 20.1 Å². The normalized spacial score (nSPS) is 18.9. The van der Waals surface area contributed by atoms with Crippen molar-refractivity contribution in [1.82, 2.24) is 15.5 Å². The highest BCUT2D eigenvalue weighted by Crippen LogP contribution is 2.38. The van der Waals surface area contributed by atoms with Crippen LogP contribution >= 0.6 is 12.2 Å². The van der Waals surface area contributed by atoms with Crippen molar-refractivity contribution < 1.29 is 14.3 Å². The van der Waals surface area contributed by atoms with Crippen molar-refractivity contribution in [2.24, 2.45) is 5.92 Å². The molecule has 0 saturated heterocycles. The van der Waals surface area contributed by atoms with Gasteiger partial charge in [0.25, 0.3) is 0 Å². The van der Waals surface area contributed by atoms with Crippen molar-refractivity contribution in [3.05, 3.63) is 23.3 Å². The molecule has 1 aromatic carbocycles. The second kappa shape index (κ2) is 10.1. The van der Waals surface area contributed by atoms with Crippen LogP contribution in [0.5, 0.6) is 11.5 Å². The van der Waals surface area contributed by atoms with Crippen LogP contribution in [0, 0.1) is 5.92 Å². The molecule has 0 spiro atoms. The van der Waals surface area contributed by atoms with Crippen LogP contribution in [0.3, 0.4) is 0 Å². The Morgan fingerprint density at radius 2 is 1.86 bits per heavy atom. The SMILES string of the molecule is CCCNC(=S)N1CCc2cc(OC)c(OC)cc2[C@@H]1CNC(=O)C1CCCC1. The number of nitrogens with zero attached hydrogens (tertiary/aromatic N) is 1. The molecule has 6 nitrogen and oxygen atoms in total. The van der Waals surface area contributed by atoms with E-state index in [9.17, 15) is 4.79 Å². The molecule has 2 N–H and O–H groups in total. The van der Waals surface area contributed by atoms with Gasteiger partial charge in [-0.25, -0.2) is 0 Å². The van der Waals surface area contributed by atoms with Gasteiger partial charge in [0.05, 0.1) is 20.3 Å². The first-order chi connectivity index (χ1) is 14.1. The van der Waals surface area contributed by atoms with Gasteiger partial charge in [0.1, 0.15) is 0 Å². The van der Waals surface area contributed by atoms with Gasteiger partial charge in [-0.05, 0) is 61.2 Å². The lowest BCUT2D eigenvalue weighted by atomic mass is 9.91. The zero-order chi connectivity index (χ0) is 20.8. The molecule has 3 rings (SSSR count). The predicted molar refractivity (Wildman–Crippen MR) is 119 cm³/mol. The molecule has 1 aliphatic carbocycles. The average Bonchev–Trinajstić information content (AvgIpc) is 3.29. The maximum Gasteiger partial charge on any atom is 0.223 e. The second-order valence-corrected chi connectivity index (χ2v) is 8.21. The number of carbonyl (C=O) groups is 1. The third kappa shape index (κ3) is 4.94. The fourth-order valence-electron chi connectivity index (χ4n) is 4.35. The van der Waals surface area contributed by atoms with Crippen LogP contribution in [0.15, 0.2) is 12.1 Å². The molecule has 1 heterocycles. The summed E-state index contributed by atoms with van der Waals surface area (Å²) in [6.07, 6.45) is 6.18. The fourth-order valence-corrected chi connectivity index (χ4v) is 4.68. The Labute approximate surface area is 179 Å². The van der Waals surface area contributed by atoms with Crippen molar-refractivity contribution in [2.75, 3.05) is 33.9 Å². The number of hydrogen-bond donors (Lipinski definition) is 2. The van der Waals surface area contributed by atoms with E-state index in [0.717, 1.165) is 68.0 Å². The lowest BCUT2D eigenvalue weighted by molar-refractivity contribution is -0.125. The van der Waals surface area contributed by atoms with Gasteiger partial charge in [-0.3, -0.25) is 4.79 Å². The smallest absolute Gasteiger partial charge is 0.223 e. The highest BCUT2D eigenvalue weighted by Gasteiger charge is 2.32. The van der Waals surface area contributed by atoms with Crippen molar-refractivity contribution >= 4 is 23.2 Å². The zero-order valence-electron chi connectivity index (χ0n) is 17.8. The molecular formula is C22H33N3O3S. The minimum atomic E-state index is -0.0271. The number of ether oxygens (including phenoxy) is 2. The molecule has 160 valence electrons. The van der Waals surface area contributed by atoms with Gasteiger partial charge in [-0.1, -0.05) is 19.8 Å². The van der Waals surface area contributed by atoms with Gasteiger partial charge in [-0.2, -0.15) is 0 Å². The van der Waals surface area contributed by atoms with E-state index >= 15 is 0 Å². The van der Waals surface area contributed by atoms with E-state index in [0.29, 0.717) is 12.3 Å². The monoisotopic (exact) mass is 419 g/mol. The van der Waals surface area contributed by atoms with Crippen LogP contribution in [0.1, 0.15) is 56.2 Å². The summed E-state index contributed by atoms with van der Waals surface area (Å²) in [5.74, 6) is 1.76. The molecule has 0 aromatic heterocycles. The van der Waals surface area contributed by atoms with Crippen LogP contribution in [0.25, 0.3) is 0 Å². The summed E-state index contributed by atoms with van der Waals surface area (Å²) in [7, 11) is 3.30. The first kappa shape index (κ1) is 21.7. The number of hydrogen-bond acceptors (Lipinski definition) is 4. The van der Waals surface area contributed by atoms with E-state index in [4.69, 9.17) is 21.7 Å². The van der Waals surface area contributed by atoms with Crippen LogP contribution in [-0.4, -0.2) is 49.8 Å². The second-order valence-electron chi connectivity index (χ2n) is 7.82. The van der Waals surface area contributed by atoms with Gasteiger partial charge >= 0.3 is 0 Å². The van der Waals surface area contributed by atoms with E-state index in [-0.39, 0.29) is 17.9 Å². The maximum atomic E-state index is 12.6. The topological polar surface area (TPSA) is 62.8 Å². The maximum absolute atomic E-state index is 12.6. The van der Waals surface area contributed by atoms with E-state index < -0.39 is 0 Å². The Kier molecular flexibility index (Phi) is 7.58. The summed E-state index contributed by atoms with van der Waals surface area (Å²) in [6.45, 7) is 4.31. The highest BCUT2D eigenvalue weighted by atomic mass is 32.1. The molecule has 0 unspecified atom stereocenters. The molecule has 1 saturated carbocycles. The Morgan fingerprint density at radius 3 is 2.52 bits per heavy atom. The van der Waals surface area contributed by atoms with E-state index in [2.05, 4.69) is 28.5 Å². The molecule has 1 fully saturated rings. The lowest BCUT2D eigenvalue weighted by Crippen LogP contribution is -2.49. The first-order valence-electron chi connectivity index (χ1n) is 10.7. The summed E-state index contributed by atoms with van der Waals surface area (Å²) in [5.41, 5.74) is 2.36. The molecule has 1 atom stereocenters. The Morgan fingerprint density at radius 1 is 1.17 bits per heavy atom. The Bertz CT molecular complexity index is 734. The lowest BCUT2D eigenvalue weighted by Gasteiger charge is -2.39. The van der Waals surface area contributed by atoms with Gasteiger partial charge < -0.3 is 25.0 Å². The van der Waals surface area contributed by atoms with Crippen molar-refractivity contribution in [3.8, 4) is 11.5 Å². The third-order valence-electron chi connectivity index (χ3n) is 5.99. The van der Waals surface area contributed by atoms with Gasteiger partial charge in [-0.15, -0.1) is 0 Å². The molecule has 29 heavy (non-hydrogen) atoms. The zero-order valence-corrected chi connectivity index (χ0v) is 18.6. The van der Waals surface area contributed by atoms with E-state index in [1.165, 1.54) is 5.56 Å². The fraction of sp³-hybridized carbons (Fsp3) is 0.636. The van der Waals surface area contributed by atoms with Crippen LogP contribution in [-0.2, 0) is 11.2 Å². The van der Waals surface area contributed by atoms with Gasteiger partial charge in [0.2, 0.25) is 5.91 Å². The molecule has 2 aliphatic rings. The minimum Gasteiger partial charge on any atom is -0.493 e. The number of fused-ring (bicyclic) bond motifs is 1. The molecular weight excluding hydrogens is 386 g/mol. The standard InChI is InChI=1S/C22H33N3O3S/c1-4-10-23-22(29)25-11-9-16-12-19(27-2)20(28-3)13-17(16)18(25)14-24-21(26)15-7-5-6-8-15/h12-13,15,18H,4-11,14H2,1-3H3,(H,23,29)(H,24,26)/t18-/m0/s1. The highest BCUT2D eigenvalue weighted by molar-refractivity contribution is 7.80. The number of rotatable bonds is 7. The quantitative estimate of drug-likeness (QED) is 0.662. The predicted octanol–water partition coefficient (Wildman–Crippen LogP) is 3.19. The summed E-state index contributed by atoms with van der Waals surface area (Å²) in [4.78, 5) is 14.9. The van der Waals surface area contributed by atoms with Gasteiger partial charge in [0, 0.05) is 25.6 Å². The number of amides is 1. The van der Waals surface area contributed by atoms with Crippen molar-refractivity contribution in [2.45, 2.75) is 51.5 Å². The number of thiocarbonyl (C=S) groups is 1. The summed E-state index contributed by atoms with van der Waals surface area (Å²) < 4.78 is 11.0. The van der Waals surface area contributed by atoms with Crippen LogP contribution in [0.2, 0.25) is 0 Å². The minimum absolute atomic E-state index is 0.0271. The molecule has 1 amide bonds. The molecule has 7 heteroatoms. The largest absolute Gasteiger partial charge is 0.493 e. The average molecular weight is 420 g/mol. The van der Waals surface area contributed by atoms with E-state index in [1.807, 2.05) is 6.07 Å². The number of nitrogens with one attached hydrogen (secondary N) is 2. The Hall–Kier alpha value is -2.02. The summed E-state index contributed by atoms with van der Waals surface area (Å²) in [6, 6.07) is 4.07.